The molecule has 0 radical (unpaired) electrons. The fraction of sp³-hybridized carbons (Fsp3) is 0.273. The Kier molecular flexibility index (Phi) is 6.77. The normalized spacial score (nSPS) is 10.6. The smallest absolute Gasteiger partial charge is 0.253 e. The Morgan fingerprint density at radius 3 is 2.28 bits per heavy atom. The van der Waals surface area contributed by atoms with Crippen molar-refractivity contribution in [2.75, 3.05) is 20.2 Å². The zero-order valence-corrected chi connectivity index (χ0v) is 17.4. The summed E-state index contributed by atoms with van der Waals surface area (Å²) in [6.07, 6.45) is 0. The molecule has 0 unspecified atom stereocenters. The lowest BCUT2D eigenvalue weighted by molar-refractivity contribution is 0.0773. The van der Waals surface area contributed by atoms with Crippen LogP contribution in [0.4, 0.5) is 0 Å². The molecular weight excluding hydrogens is 392 g/mol. The van der Waals surface area contributed by atoms with E-state index in [0.717, 1.165) is 22.8 Å². The highest BCUT2D eigenvalue weighted by Gasteiger charge is 2.13. The van der Waals surface area contributed by atoms with Gasteiger partial charge in [0.1, 0.15) is 30.5 Å². The zero-order chi connectivity index (χ0) is 20.8. The van der Waals surface area contributed by atoms with Gasteiger partial charge in [-0.2, -0.15) is 0 Å². The summed E-state index contributed by atoms with van der Waals surface area (Å²) in [5.41, 5.74) is 2.34. The second kappa shape index (κ2) is 9.47. The Bertz CT molecular complexity index is 932. The highest BCUT2D eigenvalue weighted by Crippen LogP contribution is 2.19. The maximum absolute atomic E-state index is 12.6. The first kappa shape index (κ1) is 20.7. The van der Waals surface area contributed by atoms with E-state index in [0.29, 0.717) is 36.1 Å². The monoisotopic (exact) mass is 414 g/mol. The van der Waals surface area contributed by atoms with Gasteiger partial charge in [-0.25, -0.2) is 0 Å². The van der Waals surface area contributed by atoms with Gasteiger partial charge in [0.05, 0.1) is 17.8 Å². The zero-order valence-electron chi connectivity index (χ0n) is 16.6. The minimum absolute atomic E-state index is 0.0815. The number of hydrogen-bond donors (Lipinski definition) is 0. The van der Waals surface area contributed by atoms with E-state index in [-0.39, 0.29) is 5.91 Å². The molecule has 7 heteroatoms. The van der Waals surface area contributed by atoms with Crippen LogP contribution in [0.5, 0.6) is 11.5 Å². The Morgan fingerprint density at radius 2 is 1.66 bits per heavy atom. The van der Waals surface area contributed by atoms with Crippen molar-refractivity contribution in [1.82, 2.24) is 10.1 Å². The number of amides is 1. The predicted octanol–water partition coefficient (Wildman–Crippen LogP) is 4.67. The van der Waals surface area contributed by atoms with Gasteiger partial charge in [-0.15, -0.1) is 0 Å². The van der Waals surface area contributed by atoms with Gasteiger partial charge in [0.15, 0.2) is 0 Å². The SMILES string of the molecule is Cc1noc(C)c1COc1ccc(C(=O)N(C)CCOc2ccc(Cl)cc2)cc1. The molecule has 6 nitrogen and oxygen atoms in total. The third kappa shape index (κ3) is 5.51. The van der Waals surface area contributed by atoms with Crippen LogP contribution in [-0.2, 0) is 6.61 Å². The van der Waals surface area contributed by atoms with Crippen molar-refractivity contribution in [3.05, 3.63) is 76.1 Å². The van der Waals surface area contributed by atoms with Crippen LogP contribution >= 0.6 is 11.6 Å². The molecule has 0 aliphatic carbocycles. The molecule has 29 heavy (non-hydrogen) atoms. The van der Waals surface area contributed by atoms with E-state index in [1.54, 1.807) is 60.5 Å². The van der Waals surface area contributed by atoms with Gasteiger partial charge in [-0.3, -0.25) is 4.79 Å². The van der Waals surface area contributed by atoms with Crippen molar-refractivity contribution in [3.63, 3.8) is 0 Å². The topological polar surface area (TPSA) is 64.8 Å². The third-order valence-corrected chi connectivity index (χ3v) is 4.77. The molecule has 3 aromatic rings. The second-order valence-corrected chi connectivity index (χ2v) is 7.08. The molecule has 0 spiro atoms. The molecule has 0 N–H and O–H groups in total. The fourth-order valence-electron chi connectivity index (χ4n) is 2.71. The summed E-state index contributed by atoms with van der Waals surface area (Å²) in [6.45, 7) is 4.96. The van der Waals surface area contributed by atoms with Crippen LogP contribution in [0.3, 0.4) is 0 Å². The van der Waals surface area contributed by atoms with Gasteiger partial charge in [-0.05, 0) is 62.4 Å². The van der Waals surface area contributed by atoms with Crippen LogP contribution < -0.4 is 9.47 Å². The van der Waals surface area contributed by atoms with Crippen molar-refractivity contribution in [1.29, 1.82) is 0 Å². The van der Waals surface area contributed by atoms with Crippen LogP contribution in [0.2, 0.25) is 5.02 Å². The Morgan fingerprint density at radius 1 is 1.03 bits per heavy atom. The lowest BCUT2D eigenvalue weighted by Crippen LogP contribution is -2.30. The molecule has 1 heterocycles. The van der Waals surface area contributed by atoms with E-state index in [1.807, 2.05) is 13.8 Å². The van der Waals surface area contributed by atoms with Gasteiger partial charge in [0.2, 0.25) is 0 Å². The van der Waals surface area contributed by atoms with Gasteiger partial charge in [-0.1, -0.05) is 16.8 Å². The molecule has 0 saturated heterocycles. The van der Waals surface area contributed by atoms with Crippen molar-refractivity contribution in [2.45, 2.75) is 20.5 Å². The van der Waals surface area contributed by atoms with Gasteiger partial charge in [0, 0.05) is 17.6 Å². The number of aryl methyl sites for hydroxylation is 2. The van der Waals surface area contributed by atoms with Gasteiger partial charge in [0.25, 0.3) is 5.91 Å². The van der Waals surface area contributed by atoms with Gasteiger partial charge < -0.3 is 18.9 Å². The summed E-state index contributed by atoms with van der Waals surface area (Å²) in [5, 5.41) is 4.57. The second-order valence-electron chi connectivity index (χ2n) is 6.64. The third-order valence-electron chi connectivity index (χ3n) is 4.52. The number of rotatable bonds is 8. The van der Waals surface area contributed by atoms with E-state index in [4.69, 9.17) is 25.6 Å². The minimum Gasteiger partial charge on any atom is -0.492 e. The van der Waals surface area contributed by atoms with E-state index >= 15 is 0 Å². The number of hydrogen-bond acceptors (Lipinski definition) is 5. The molecule has 1 aromatic heterocycles. The first-order valence-corrected chi connectivity index (χ1v) is 9.60. The number of carbonyl (C=O) groups excluding carboxylic acids is 1. The van der Waals surface area contributed by atoms with Crippen molar-refractivity contribution in [3.8, 4) is 11.5 Å². The maximum atomic E-state index is 12.6. The number of benzene rings is 2. The summed E-state index contributed by atoms with van der Waals surface area (Å²) in [5.74, 6) is 2.06. The molecule has 3 rings (SSSR count). The molecule has 0 atom stereocenters. The quantitative estimate of drug-likeness (QED) is 0.535. The number of ether oxygens (including phenoxy) is 2. The molecule has 2 aromatic carbocycles. The first-order valence-electron chi connectivity index (χ1n) is 9.22. The fourth-order valence-corrected chi connectivity index (χ4v) is 2.84. The van der Waals surface area contributed by atoms with E-state index < -0.39 is 0 Å². The number of nitrogens with zero attached hydrogens (tertiary/aromatic N) is 2. The summed E-state index contributed by atoms with van der Waals surface area (Å²) in [7, 11) is 1.75. The molecular formula is C22H23ClN2O4. The van der Waals surface area contributed by atoms with E-state index in [1.165, 1.54) is 0 Å². The molecule has 0 saturated carbocycles. The molecule has 152 valence electrons. The molecule has 1 amide bonds. The largest absolute Gasteiger partial charge is 0.492 e. The number of likely N-dealkylation sites (N-methyl/N-ethyl adjacent to an activating group) is 1. The Hall–Kier alpha value is -2.99. The molecule has 0 aliphatic heterocycles. The lowest BCUT2D eigenvalue weighted by atomic mass is 10.2. The Labute approximate surface area is 175 Å². The summed E-state index contributed by atoms with van der Waals surface area (Å²) in [6, 6.07) is 14.2. The maximum Gasteiger partial charge on any atom is 0.253 e. The van der Waals surface area contributed by atoms with Crippen LogP contribution in [0.1, 0.15) is 27.4 Å². The van der Waals surface area contributed by atoms with Gasteiger partial charge >= 0.3 is 0 Å². The summed E-state index contributed by atoms with van der Waals surface area (Å²) in [4.78, 5) is 14.2. The highest BCUT2D eigenvalue weighted by molar-refractivity contribution is 6.30. The number of halogens is 1. The lowest BCUT2D eigenvalue weighted by Gasteiger charge is -2.18. The van der Waals surface area contributed by atoms with E-state index in [2.05, 4.69) is 5.16 Å². The standard InChI is InChI=1S/C22H23ClN2O4/c1-15-21(16(2)29-24-15)14-28-20-8-4-17(5-9-20)22(26)25(3)12-13-27-19-10-6-18(23)7-11-19/h4-11H,12-14H2,1-3H3. The molecule has 0 bridgehead atoms. The minimum atomic E-state index is -0.0815. The number of carbonyl (C=O) groups is 1. The van der Waals surface area contributed by atoms with Crippen LogP contribution in [-0.4, -0.2) is 36.2 Å². The first-order chi connectivity index (χ1) is 13.9. The van der Waals surface area contributed by atoms with Crippen molar-refractivity contribution < 1.29 is 18.8 Å². The predicted molar refractivity (Wildman–Crippen MR) is 111 cm³/mol. The average Bonchev–Trinajstić information content (AvgIpc) is 3.05. The van der Waals surface area contributed by atoms with Crippen LogP contribution in [0, 0.1) is 13.8 Å². The van der Waals surface area contributed by atoms with Crippen LogP contribution in [0.25, 0.3) is 0 Å². The number of aromatic nitrogens is 1. The molecule has 0 fully saturated rings. The summed E-state index contributed by atoms with van der Waals surface area (Å²) < 4.78 is 16.5. The van der Waals surface area contributed by atoms with Crippen molar-refractivity contribution in [2.24, 2.45) is 0 Å². The molecule has 0 aliphatic rings. The highest BCUT2D eigenvalue weighted by atomic mass is 35.5. The average molecular weight is 415 g/mol. The van der Waals surface area contributed by atoms with E-state index in [9.17, 15) is 4.79 Å². The summed E-state index contributed by atoms with van der Waals surface area (Å²) >= 11 is 5.85. The Balaban J connectivity index is 1.49. The van der Waals surface area contributed by atoms with Crippen LogP contribution in [0.15, 0.2) is 53.1 Å². The van der Waals surface area contributed by atoms with Crippen molar-refractivity contribution >= 4 is 17.5 Å².